The van der Waals surface area contributed by atoms with Crippen LogP contribution in [0.15, 0.2) is 6.20 Å². The third-order valence-corrected chi connectivity index (χ3v) is 4.69. The number of rotatable bonds is 4. The van der Waals surface area contributed by atoms with Crippen LogP contribution in [0.4, 0.5) is 5.82 Å². The Morgan fingerprint density at radius 2 is 2.25 bits per heavy atom. The maximum absolute atomic E-state index is 11.5. The van der Waals surface area contributed by atoms with Crippen molar-refractivity contribution in [2.75, 3.05) is 12.4 Å². The molecule has 0 saturated heterocycles. The van der Waals surface area contributed by atoms with Crippen LogP contribution >= 0.6 is 11.6 Å². The largest absolute Gasteiger partial charge is 0.481 e. The Morgan fingerprint density at radius 1 is 1.50 bits per heavy atom. The molecule has 2 fully saturated rings. The summed E-state index contributed by atoms with van der Waals surface area (Å²) in [5, 5.41) is 13.0. The molecule has 1 aromatic rings. The number of fused-ring (bicyclic) bond motifs is 2. The van der Waals surface area contributed by atoms with E-state index in [9.17, 15) is 9.90 Å². The Kier molecular flexibility index (Phi) is 3.41. The van der Waals surface area contributed by atoms with Gasteiger partial charge in [-0.05, 0) is 31.1 Å². The van der Waals surface area contributed by atoms with Gasteiger partial charge in [0.25, 0.3) is 0 Å². The Hall–Kier alpha value is -1.56. The van der Waals surface area contributed by atoms with E-state index in [1.807, 2.05) is 0 Å². The van der Waals surface area contributed by atoms with Gasteiger partial charge in [0.05, 0.1) is 19.2 Å². The van der Waals surface area contributed by atoms with Gasteiger partial charge in [-0.15, -0.1) is 0 Å². The summed E-state index contributed by atoms with van der Waals surface area (Å²) in [5.41, 5.74) is 0. The van der Waals surface area contributed by atoms with Crippen molar-refractivity contribution in [3.63, 3.8) is 0 Å². The zero-order valence-corrected chi connectivity index (χ0v) is 11.8. The maximum atomic E-state index is 11.5. The lowest BCUT2D eigenvalue weighted by molar-refractivity contribution is -0.143. The van der Waals surface area contributed by atoms with Gasteiger partial charge in [-0.1, -0.05) is 11.6 Å². The first-order valence-corrected chi connectivity index (χ1v) is 7.04. The quantitative estimate of drug-likeness (QED) is 0.885. The smallest absolute Gasteiger partial charge is 0.318 e. The molecule has 4 atom stereocenters. The van der Waals surface area contributed by atoms with Gasteiger partial charge < -0.3 is 15.2 Å². The lowest BCUT2D eigenvalue weighted by Crippen LogP contribution is -2.39. The molecule has 2 aliphatic carbocycles. The first-order chi connectivity index (χ1) is 9.60. The number of aromatic nitrogens is 2. The van der Waals surface area contributed by atoms with Gasteiger partial charge in [-0.25, -0.2) is 4.98 Å². The van der Waals surface area contributed by atoms with Gasteiger partial charge in [0.15, 0.2) is 5.82 Å². The Morgan fingerprint density at radius 3 is 2.95 bits per heavy atom. The number of methoxy groups -OCH3 is 1. The average molecular weight is 298 g/mol. The second kappa shape index (κ2) is 5.09. The number of nitrogens with zero attached hydrogens (tertiary/aromatic N) is 2. The number of carboxylic acids is 1. The van der Waals surface area contributed by atoms with Crippen molar-refractivity contribution in [1.29, 1.82) is 0 Å². The Balaban J connectivity index is 1.85. The standard InChI is InChI=1S/C13H16ClN3O3/c1-20-13-15-5-8(14)11(17-13)16-10-7-3-2-6(4-7)9(10)12(18)19/h5-7,9-10H,2-4H2,1H3,(H,18,19)(H,15,16,17). The Bertz CT molecular complexity index is 540. The lowest BCUT2D eigenvalue weighted by atomic mass is 9.84. The number of carbonyl (C=O) groups is 1. The van der Waals surface area contributed by atoms with Crippen LogP contribution in [0.1, 0.15) is 19.3 Å². The highest BCUT2D eigenvalue weighted by Gasteiger charge is 2.51. The van der Waals surface area contributed by atoms with Crippen molar-refractivity contribution in [1.82, 2.24) is 9.97 Å². The topological polar surface area (TPSA) is 84.3 Å². The molecule has 0 radical (unpaired) electrons. The molecule has 1 aromatic heterocycles. The van der Waals surface area contributed by atoms with Crippen LogP contribution in [0.25, 0.3) is 0 Å². The van der Waals surface area contributed by atoms with E-state index >= 15 is 0 Å². The zero-order chi connectivity index (χ0) is 14.3. The van der Waals surface area contributed by atoms with Gasteiger partial charge in [-0.2, -0.15) is 4.98 Å². The summed E-state index contributed by atoms with van der Waals surface area (Å²) in [7, 11) is 1.48. The highest BCUT2D eigenvalue weighted by Crippen LogP contribution is 2.49. The average Bonchev–Trinajstić information content (AvgIpc) is 3.01. The Labute approximate surface area is 121 Å². The number of hydrogen-bond acceptors (Lipinski definition) is 5. The summed E-state index contributed by atoms with van der Waals surface area (Å²) in [6, 6.07) is 0.0929. The van der Waals surface area contributed by atoms with E-state index in [0.29, 0.717) is 16.8 Å². The van der Waals surface area contributed by atoms with Gasteiger partial charge in [0.1, 0.15) is 5.02 Å². The predicted molar refractivity (Wildman–Crippen MR) is 73.0 cm³/mol. The molecule has 0 spiro atoms. The van der Waals surface area contributed by atoms with Crippen LogP contribution < -0.4 is 10.1 Å². The number of carboxylic acid groups (broad SMARTS) is 1. The van der Waals surface area contributed by atoms with E-state index in [1.165, 1.54) is 13.3 Å². The molecule has 20 heavy (non-hydrogen) atoms. The van der Waals surface area contributed by atoms with Gasteiger partial charge in [0, 0.05) is 6.04 Å². The molecule has 6 nitrogen and oxygen atoms in total. The molecule has 2 bridgehead atoms. The summed E-state index contributed by atoms with van der Waals surface area (Å²) in [5.74, 6) is -0.0319. The zero-order valence-electron chi connectivity index (χ0n) is 11.0. The highest BCUT2D eigenvalue weighted by molar-refractivity contribution is 6.32. The molecular weight excluding hydrogens is 282 g/mol. The van der Waals surface area contributed by atoms with E-state index in [-0.39, 0.29) is 23.9 Å². The molecule has 0 amide bonds. The molecule has 2 N–H and O–H groups in total. The van der Waals surface area contributed by atoms with Gasteiger partial charge in [-0.3, -0.25) is 4.79 Å². The third kappa shape index (κ3) is 2.18. The normalized spacial score (nSPS) is 31.3. The molecule has 7 heteroatoms. The molecule has 0 aromatic carbocycles. The van der Waals surface area contributed by atoms with E-state index in [1.54, 1.807) is 0 Å². The summed E-state index contributed by atoms with van der Waals surface area (Å²) >= 11 is 6.07. The second-order valence-corrected chi connectivity index (χ2v) is 5.83. The molecule has 0 aliphatic heterocycles. The van der Waals surface area contributed by atoms with Crippen molar-refractivity contribution in [2.45, 2.75) is 25.3 Å². The molecule has 3 rings (SSSR count). The minimum atomic E-state index is -0.744. The molecule has 4 unspecified atom stereocenters. The van der Waals surface area contributed by atoms with Crippen LogP contribution in [0.3, 0.4) is 0 Å². The number of halogens is 1. The fourth-order valence-electron chi connectivity index (χ4n) is 3.56. The van der Waals surface area contributed by atoms with Gasteiger partial charge in [0.2, 0.25) is 0 Å². The summed E-state index contributed by atoms with van der Waals surface area (Å²) in [4.78, 5) is 19.5. The number of hydrogen-bond donors (Lipinski definition) is 2. The van der Waals surface area contributed by atoms with Crippen molar-refractivity contribution < 1.29 is 14.6 Å². The van der Waals surface area contributed by atoms with Crippen LogP contribution in [0.5, 0.6) is 6.01 Å². The lowest BCUT2D eigenvalue weighted by Gasteiger charge is -2.29. The number of ether oxygens (including phenoxy) is 1. The van der Waals surface area contributed by atoms with Crippen molar-refractivity contribution in [2.24, 2.45) is 17.8 Å². The molecular formula is C13H16ClN3O3. The first kappa shape index (κ1) is 13.4. The first-order valence-electron chi connectivity index (χ1n) is 6.66. The number of anilines is 1. The van der Waals surface area contributed by atoms with Crippen LogP contribution in [-0.2, 0) is 4.79 Å². The molecule has 2 aliphatic rings. The minimum Gasteiger partial charge on any atom is -0.481 e. The highest BCUT2D eigenvalue weighted by atomic mass is 35.5. The third-order valence-electron chi connectivity index (χ3n) is 4.41. The summed E-state index contributed by atoms with van der Waals surface area (Å²) < 4.78 is 4.97. The number of aliphatic carboxylic acids is 1. The summed E-state index contributed by atoms with van der Waals surface area (Å²) in [6.45, 7) is 0. The minimum absolute atomic E-state index is 0.122. The maximum Gasteiger partial charge on any atom is 0.318 e. The van der Waals surface area contributed by atoms with Crippen LogP contribution in [0, 0.1) is 17.8 Å². The SMILES string of the molecule is COc1ncc(Cl)c(NC2C3CCC(C3)C2C(=O)O)n1. The van der Waals surface area contributed by atoms with Gasteiger partial charge >= 0.3 is 12.0 Å². The fraction of sp³-hybridized carbons (Fsp3) is 0.615. The van der Waals surface area contributed by atoms with Crippen molar-refractivity contribution in [3.8, 4) is 6.01 Å². The molecule has 108 valence electrons. The van der Waals surface area contributed by atoms with E-state index in [0.717, 1.165) is 19.3 Å². The van der Waals surface area contributed by atoms with E-state index in [4.69, 9.17) is 16.3 Å². The van der Waals surface area contributed by atoms with Crippen molar-refractivity contribution in [3.05, 3.63) is 11.2 Å². The van der Waals surface area contributed by atoms with E-state index < -0.39 is 5.97 Å². The van der Waals surface area contributed by atoms with Crippen molar-refractivity contribution >= 4 is 23.4 Å². The summed E-state index contributed by atoms with van der Waals surface area (Å²) in [6.07, 6.45) is 4.49. The number of nitrogens with one attached hydrogen (secondary N) is 1. The monoisotopic (exact) mass is 297 g/mol. The van der Waals surface area contributed by atoms with E-state index in [2.05, 4.69) is 15.3 Å². The van der Waals surface area contributed by atoms with Crippen LogP contribution in [-0.4, -0.2) is 34.2 Å². The van der Waals surface area contributed by atoms with Crippen LogP contribution in [0.2, 0.25) is 5.02 Å². The molecule has 2 saturated carbocycles. The fourth-order valence-corrected chi connectivity index (χ4v) is 3.71. The predicted octanol–water partition coefficient (Wildman–Crippen LogP) is 2.05. The second-order valence-electron chi connectivity index (χ2n) is 5.42. The molecule has 1 heterocycles.